The largest absolute Gasteiger partial charge is 0.338 e. The van der Waals surface area contributed by atoms with Crippen LogP contribution in [-0.4, -0.2) is 38.4 Å². The summed E-state index contributed by atoms with van der Waals surface area (Å²) in [5.41, 5.74) is 0. The molecule has 0 radical (unpaired) electrons. The van der Waals surface area contributed by atoms with Crippen molar-refractivity contribution in [2.45, 2.75) is 25.8 Å². The van der Waals surface area contributed by atoms with E-state index in [4.69, 9.17) is 0 Å². The summed E-state index contributed by atoms with van der Waals surface area (Å²) in [5, 5.41) is 7.41. The molecule has 15 heavy (non-hydrogen) atoms. The van der Waals surface area contributed by atoms with Crippen LogP contribution in [0.1, 0.15) is 25.1 Å². The fraction of sp³-hybridized carbons (Fsp3) is 0.667. The minimum absolute atomic E-state index is 0.146. The predicted molar refractivity (Wildman–Crippen MR) is 60.5 cm³/mol. The van der Waals surface area contributed by atoms with Crippen LogP contribution in [-0.2, 0) is 11.3 Å². The summed E-state index contributed by atoms with van der Waals surface area (Å²) < 4.78 is 0. The fourth-order valence-electron chi connectivity index (χ4n) is 1.18. The number of aromatic nitrogens is 3. The van der Waals surface area contributed by atoms with Gasteiger partial charge in [0, 0.05) is 18.8 Å². The number of halogens is 1. The lowest BCUT2D eigenvalue weighted by Gasteiger charge is -2.15. The Morgan fingerprint density at radius 2 is 2.40 bits per heavy atom. The maximum atomic E-state index is 11.6. The lowest BCUT2D eigenvalue weighted by Crippen LogP contribution is -2.26. The van der Waals surface area contributed by atoms with E-state index in [-0.39, 0.29) is 5.91 Å². The number of carbonyl (C=O) groups excluding carboxylic acids is 1. The van der Waals surface area contributed by atoms with Gasteiger partial charge in [0.2, 0.25) is 5.91 Å². The Hall–Kier alpha value is -0.910. The monoisotopic (exact) mass is 274 g/mol. The van der Waals surface area contributed by atoms with Crippen LogP contribution in [0.15, 0.2) is 6.33 Å². The number of rotatable bonds is 6. The zero-order valence-corrected chi connectivity index (χ0v) is 10.3. The van der Waals surface area contributed by atoms with Crippen molar-refractivity contribution in [1.29, 1.82) is 0 Å². The van der Waals surface area contributed by atoms with Gasteiger partial charge in [-0.3, -0.25) is 9.89 Å². The Labute approximate surface area is 97.4 Å². The van der Waals surface area contributed by atoms with E-state index in [0.29, 0.717) is 18.8 Å². The number of nitrogens with one attached hydrogen (secondary N) is 1. The Morgan fingerprint density at radius 1 is 1.60 bits per heavy atom. The quantitative estimate of drug-likeness (QED) is 0.629. The maximum absolute atomic E-state index is 11.6. The minimum atomic E-state index is 0.146. The molecule has 0 spiro atoms. The molecule has 0 aliphatic rings. The number of nitrogens with zero attached hydrogens (tertiary/aromatic N) is 3. The number of alkyl halides is 1. The highest BCUT2D eigenvalue weighted by Crippen LogP contribution is 2.03. The van der Waals surface area contributed by atoms with Gasteiger partial charge in [-0.05, 0) is 12.8 Å². The van der Waals surface area contributed by atoms with Crippen molar-refractivity contribution in [3.63, 3.8) is 0 Å². The van der Waals surface area contributed by atoms with Crippen molar-refractivity contribution in [1.82, 2.24) is 20.1 Å². The first-order valence-corrected chi connectivity index (χ1v) is 6.00. The van der Waals surface area contributed by atoms with Gasteiger partial charge >= 0.3 is 0 Å². The van der Waals surface area contributed by atoms with Crippen LogP contribution in [0.5, 0.6) is 0 Å². The summed E-state index contributed by atoms with van der Waals surface area (Å²) in [6.45, 7) is 0.493. The second kappa shape index (κ2) is 6.55. The number of unbranched alkanes of at least 4 members (excludes halogenated alkanes) is 1. The molecule has 0 aliphatic carbocycles. The topological polar surface area (TPSA) is 61.9 Å². The fourth-order valence-corrected chi connectivity index (χ4v) is 1.58. The molecule has 0 unspecified atom stereocenters. The number of H-pyrrole nitrogens is 1. The Kier molecular flexibility index (Phi) is 5.31. The van der Waals surface area contributed by atoms with Crippen molar-refractivity contribution in [3.8, 4) is 0 Å². The van der Waals surface area contributed by atoms with Crippen LogP contribution in [0.4, 0.5) is 0 Å². The van der Waals surface area contributed by atoms with Gasteiger partial charge < -0.3 is 4.90 Å². The molecule has 0 atom stereocenters. The zero-order valence-electron chi connectivity index (χ0n) is 8.74. The van der Waals surface area contributed by atoms with Crippen LogP contribution < -0.4 is 0 Å². The second-order valence-electron chi connectivity index (χ2n) is 3.33. The normalized spacial score (nSPS) is 10.3. The molecule has 1 rings (SSSR count). The second-order valence-corrected chi connectivity index (χ2v) is 4.12. The first kappa shape index (κ1) is 12.2. The molecule has 1 N–H and O–H groups in total. The van der Waals surface area contributed by atoms with Gasteiger partial charge in [0.25, 0.3) is 0 Å². The molecule has 6 heteroatoms. The molecule has 0 saturated heterocycles. The summed E-state index contributed by atoms with van der Waals surface area (Å²) in [5.74, 6) is 0.860. The SMILES string of the molecule is CN(Cc1ncn[nH]1)C(=O)CCCCBr. The van der Waals surface area contributed by atoms with E-state index >= 15 is 0 Å². The standard InChI is InChI=1S/C9H15BrN4O/c1-14(6-8-11-7-12-13-8)9(15)4-2-3-5-10/h7H,2-6H2,1H3,(H,11,12,13). The van der Waals surface area contributed by atoms with Crippen LogP contribution in [0.2, 0.25) is 0 Å². The van der Waals surface area contributed by atoms with Crippen molar-refractivity contribution in [2.24, 2.45) is 0 Å². The number of hydrogen-bond donors (Lipinski definition) is 1. The molecule has 1 amide bonds. The smallest absolute Gasteiger partial charge is 0.222 e. The van der Waals surface area contributed by atoms with Gasteiger partial charge in [-0.15, -0.1) is 0 Å². The van der Waals surface area contributed by atoms with E-state index in [0.717, 1.165) is 18.2 Å². The number of aromatic amines is 1. The van der Waals surface area contributed by atoms with E-state index in [1.807, 2.05) is 0 Å². The predicted octanol–water partition coefficient (Wildman–Crippen LogP) is 1.33. The molecule has 84 valence electrons. The molecule has 0 bridgehead atoms. The average molecular weight is 275 g/mol. The summed E-state index contributed by atoms with van der Waals surface area (Å²) in [6.07, 6.45) is 3.99. The van der Waals surface area contributed by atoms with Gasteiger partial charge in [-0.1, -0.05) is 15.9 Å². The van der Waals surface area contributed by atoms with Crippen molar-refractivity contribution in [3.05, 3.63) is 12.2 Å². The van der Waals surface area contributed by atoms with E-state index in [1.54, 1.807) is 11.9 Å². The Morgan fingerprint density at radius 3 is 3.00 bits per heavy atom. The third-order valence-electron chi connectivity index (χ3n) is 2.05. The molecule has 1 heterocycles. The van der Waals surface area contributed by atoms with Gasteiger partial charge in [0.05, 0.1) is 6.54 Å². The summed E-state index contributed by atoms with van der Waals surface area (Å²) in [6, 6.07) is 0. The van der Waals surface area contributed by atoms with Gasteiger partial charge in [0.1, 0.15) is 12.2 Å². The molecule has 1 aromatic heterocycles. The van der Waals surface area contributed by atoms with Crippen molar-refractivity contribution in [2.75, 3.05) is 12.4 Å². The summed E-state index contributed by atoms with van der Waals surface area (Å²) in [7, 11) is 1.78. The van der Waals surface area contributed by atoms with E-state index in [2.05, 4.69) is 31.1 Å². The molecule has 5 nitrogen and oxygen atoms in total. The maximum Gasteiger partial charge on any atom is 0.222 e. The third kappa shape index (κ3) is 4.42. The molecule has 0 saturated carbocycles. The molecule has 1 aromatic rings. The summed E-state index contributed by atoms with van der Waals surface area (Å²) in [4.78, 5) is 17.2. The molecule has 0 aliphatic heterocycles. The highest BCUT2D eigenvalue weighted by atomic mass is 79.9. The van der Waals surface area contributed by atoms with Gasteiger partial charge in [-0.2, -0.15) is 5.10 Å². The van der Waals surface area contributed by atoms with Crippen LogP contribution in [0.25, 0.3) is 0 Å². The Balaban J connectivity index is 2.27. The molecule has 0 aromatic carbocycles. The number of amides is 1. The third-order valence-corrected chi connectivity index (χ3v) is 2.61. The lowest BCUT2D eigenvalue weighted by atomic mass is 10.2. The van der Waals surface area contributed by atoms with Crippen LogP contribution in [0, 0.1) is 0 Å². The zero-order chi connectivity index (χ0) is 11.1. The molecular formula is C9H15BrN4O. The molecular weight excluding hydrogens is 260 g/mol. The highest BCUT2D eigenvalue weighted by Gasteiger charge is 2.09. The first-order chi connectivity index (χ1) is 7.24. The highest BCUT2D eigenvalue weighted by molar-refractivity contribution is 9.09. The van der Waals surface area contributed by atoms with E-state index in [9.17, 15) is 4.79 Å². The van der Waals surface area contributed by atoms with Gasteiger partial charge in [-0.25, -0.2) is 4.98 Å². The molecule has 0 fully saturated rings. The average Bonchev–Trinajstić information content (AvgIpc) is 2.70. The van der Waals surface area contributed by atoms with Crippen molar-refractivity contribution < 1.29 is 4.79 Å². The van der Waals surface area contributed by atoms with Crippen molar-refractivity contribution >= 4 is 21.8 Å². The van der Waals surface area contributed by atoms with Gasteiger partial charge in [0.15, 0.2) is 0 Å². The lowest BCUT2D eigenvalue weighted by molar-refractivity contribution is -0.130. The summed E-state index contributed by atoms with van der Waals surface area (Å²) >= 11 is 3.34. The Bertz CT molecular complexity index is 288. The van der Waals surface area contributed by atoms with Crippen LogP contribution >= 0.6 is 15.9 Å². The van der Waals surface area contributed by atoms with E-state index in [1.165, 1.54) is 6.33 Å². The number of hydrogen-bond acceptors (Lipinski definition) is 3. The minimum Gasteiger partial charge on any atom is -0.338 e. The van der Waals surface area contributed by atoms with Crippen LogP contribution in [0.3, 0.4) is 0 Å². The number of carbonyl (C=O) groups is 1. The van der Waals surface area contributed by atoms with E-state index < -0.39 is 0 Å². The first-order valence-electron chi connectivity index (χ1n) is 4.88.